The minimum absolute atomic E-state index is 0.632. The van der Waals surface area contributed by atoms with E-state index in [2.05, 4.69) is 4.98 Å². The molecule has 1 heterocycles. The number of aryl methyl sites for hydroxylation is 1. The Morgan fingerprint density at radius 2 is 2.17 bits per heavy atom. The molecule has 7 heteroatoms. The molecule has 0 aliphatic rings. The van der Waals surface area contributed by atoms with Crippen molar-refractivity contribution >= 4 is 10.0 Å². The highest BCUT2D eigenvalue weighted by Crippen LogP contribution is 1.91. The molecule has 66 valence electrons. The zero-order valence-corrected chi connectivity index (χ0v) is 7.08. The number of hydrogen-bond donors (Lipinski definition) is 1. The molecule has 0 saturated heterocycles. The van der Waals surface area contributed by atoms with Crippen LogP contribution in [0.4, 0.5) is 0 Å². The van der Waals surface area contributed by atoms with Gasteiger partial charge < -0.3 is 4.57 Å². The highest BCUT2D eigenvalue weighted by Gasteiger charge is 2.14. The summed E-state index contributed by atoms with van der Waals surface area (Å²) >= 11 is 0. The van der Waals surface area contributed by atoms with Gasteiger partial charge in [0.2, 0.25) is 5.03 Å². The summed E-state index contributed by atoms with van der Waals surface area (Å²) < 4.78 is 22.5. The lowest BCUT2D eigenvalue weighted by Gasteiger charge is -1.97. The second-order valence-electron chi connectivity index (χ2n) is 2.19. The van der Waals surface area contributed by atoms with Crippen LogP contribution in [0.1, 0.15) is 0 Å². The highest BCUT2D eigenvalue weighted by atomic mass is 32.2. The van der Waals surface area contributed by atoms with Crippen molar-refractivity contribution in [3.05, 3.63) is 22.7 Å². The van der Waals surface area contributed by atoms with Crippen molar-refractivity contribution in [1.82, 2.24) is 9.55 Å². The van der Waals surface area contributed by atoms with E-state index in [4.69, 9.17) is 5.14 Å². The summed E-state index contributed by atoms with van der Waals surface area (Å²) in [5.74, 6) is 0. The molecule has 1 aromatic rings. The van der Waals surface area contributed by atoms with Crippen molar-refractivity contribution in [3.8, 4) is 0 Å². The van der Waals surface area contributed by atoms with Crippen LogP contribution in [-0.4, -0.2) is 18.0 Å². The lowest BCUT2D eigenvalue weighted by molar-refractivity contribution is 0.589. The van der Waals surface area contributed by atoms with Crippen LogP contribution in [-0.2, 0) is 17.1 Å². The fourth-order valence-corrected chi connectivity index (χ4v) is 1.27. The summed E-state index contributed by atoms with van der Waals surface area (Å²) in [7, 11) is -2.59. The molecule has 0 bridgehead atoms. The molecule has 0 radical (unpaired) electrons. The fourth-order valence-electron chi connectivity index (χ4n) is 0.670. The third kappa shape index (κ3) is 1.51. The average molecular weight is 189 g/mol. The molecule has 0 atom stereocenters. The molecule has 0 aliphatic heterocycles. The number of nitrogens with two attached hydrogens (primary N) is 1. The lowest BCUT2D eigenvalue weighted by atomic mass is 10.7. The zero-order valence-electron chi connectivity index (χ0n) is 6.26. The van der Waals surface area contributed by atoms with Gasteiger partial charge >= 0.3 is 0 Å². The Bertz CT molecular complexity index is 447. The van der Waals surface area contributed by atoms with Crippen molar-refractivity contribution in [1.29, 1.82) is 0 Å². The van der Waals surface area contributed by atoms with Crippen LogP contribution in [0.2, 0.25) is 0 Å². The number of aromatic nitrogens is 2. The summed E-state index contributed by atoms with van der Waals surface area (Å²) in [5, 5.41) is 4.09. The Morgan fingerprint density at radius 3 is 2.58 bits per heavy atom. The molecule has 0 fully saturated rings. The largest absolute Gasteiger partial charge is 0.315 e. The third-order valence-electron chi connectivity index (χ3n) is 1.25. The van der Waals surface area contributed by atoms with Gasteiger partial charge in [0.1, 0.15) is 0 Å². The fraction of sp³-hybridized carbons (Fsp3) is 0.200. The van der Waals surface area contributed by atoms with Gasteiger partial charge in [-0.15, -0.1) is 0 Å². The van der Waals surface area contributed by atoms with E-state index in [1.165, 1.54) is 19.4 Å². The van der Waals surface area contributed by atoms with Crippen LogP contribution in [0, 0.1) is 0 Å². The first-order valence-electron chi connectivity index (χ1n) is 2.97. The maximum Gasteiger partial charge on any atom is 0.289 e. The second kappa shape index (κ2) is 2.68. The van der Waals surface area contributed by atoms with Crippen molar-refractivity contribution in [2.24, 2.45) is 12.2 Å². The molecule has 12 heavy (non-hydrogen) atoms. The van der Waals surface area contributed by atoms with Crippen LogP contribution >= 0.6 is 0 Å². The number of sulfonamides is 1. The minimum Gasteiger partial charge on any atom is -0.315 e. The molecule has 6 nitrogen and oxygen atoms in total. The van der Waals surface area contributed by atoms with Gasteiger partial charge in [0.25, 0.3) is 15.6 Å². The molecular formula is C5H7N3O3S. The van der Waals surface area contributed by atoms with E-state index >= 15 is 0 Å². The van der Waals surface area contributed by atoms with Crippen molar-refractivity contribution in [3.63, 3.8) is 0 Å². The Balaban J connectivity index is 3.59. The maximum atomic E-state index is 11.1. The third-order valence-corrected chi connectivity index (χ3v) is 2.07. The maximum absolute atomic E-state index is 11.1. The van der Waals surface area contributed by atoms with Gasteiger partial charge in [-0.05, 0) is 0 Å². The van der Waals surface area contributed by atoms with Gasteiger partial charge in [0.05, 0.1) is 0 Å². The zero-order chi connectivity index (χ0) is 9.35. The van der Waals surface area contributed by atoms with Crippen LogP contribution in [0.25, 0.3) is 0 Å². The molecule has 1 rings (SSSR count). The first-order valence-corrected chi connectivity index (χ1v) is 4.52. The van der Waals surface area contributed by atoms with E-state index in [1.54, 1.807) is 0 Å². The van der Waals surface area contributed by atoms with Crippen LogP contribution in [0.15, 0.2) is 22.2 Å². The first kappa shape index (κ1) is 8.88. The standard InChI is InChI=1S/C5H7N3O3S/c1-8-3-2-7-4(5(8)9)12(6,10)11/h2-3H,1H3,(H2,6,10,11). The summed E-state index contributed by atoms with van der Waals surface area (Å²) in [6.45, 7) is 0. The van der Waals surface area contributed by atoms with Crippen molar-refractivity contribution in [2.75, 3.05) is 0 Å². The molecule has 1 aromatic heterocycles. The minimum atomic E-state index is -4.00. The Labute approximate surface area is 68.7 Å². The van der Waals surface area contributed by atoms with E-state index in [0.717, 1.165) is 4.57 Å². The Kier molecular flexibility index (Phi) is 1.99. The molecule has 0 unspecified atom stereocenters. The molecule has 0 amide bonds. The lowest BCUT2D eigenvalue weighted by Crippen LogP contribution is -2.28. The van der Waals surface area contributed by atoms with Gasteiger partial charge in [0.15, 0.2) is 0 Å². The monoisotopic (exact) mass is 189 g/mol. The van der Waals surface area contributed by atoms with Gasteiger partial charge in [-0.2, -0.15) is 0 Å². The number of primary sulfonamides is 1. The number of rotatable bonds is 1. The molecule has 0 aliphatic carbocycles. The Hall–Kier alpha value is -1.21. The topological polar surface area (TPSA) is 95.1 Å². The second-order valence-corrected chi connectivity index (χ2v) is 3.67. The molecular weight excluding hydrogens is 182 g/mol. The molecule has 0 spiro atoms. The summed E-state index contributed by atoms with van der Waals surface area (Å²) in [5.41, 5.74) is -0.722. The number of nitrogens with zero attached hydrogens (tertiary/aromatic N) is 2. The van der Waals surface area contributed by atoms with Crippen molar-refractivity contribution in [2.45, 2.75) is 5.03 Å². The number of hydrogen-bond acceptors (Lipinski definition) is 4. The smallest absolute Gasteiger partial charge is 0.289 e. The summed E-state index contributed by atoms with van der Waals surface area (Å²) in [4.78, 5) is 14.4. The normalized spacial score (nSPS) is 11.5. The van der Waals surface area contributed by atoms with E-state index in [1.807, 2.05) is 0 Å². The summed E-state index contributed by atoms with van der Waals surface area (Å²) in [6, 6.07) is 0. The van der Waals surface area contributed by atoms with Crippen LogP contribution < -0.4 is 10.7 Å². The van der Waals surface area contributed by atoms with Gasteiger partial charge in [0, 0.05) is 19.4 Å². The van der Waals surface area contributed by atoms with Gasteiger partial charge in [-0.1, -0.05) is 0 Å². The molecule has 0 aromatic carbocycles. The highest BCUT2D eigenvalue weighted by molar-refractivity contribution is 7.89. The van der Waals surface area contributed by atoms with Gasteiger partial charge in [-0.25, -0.2) is 18.5 Å². The van der Waals surface area contributed by atoms with Crippen LogP contribution in [0.5, 0.6) is 0 Å². The average Bonchev–Trinajstić information content (AvgIpc) is 1.92. The predicted octanol–water partition coefficient (Wildman–Crippen LogP) is -1.57. The Morgan fingerprint density at radius 1 is 1.58 bits per heavy atom. The van der Waals surface area contributed by atoms with Crippen LogP contribution in [0.3, 0.4) is 0 Å². The van der Waals surface area contributed by atoms with E-state index in [0.29, 0.717) is 0 Å². The molecule has 2 N–H and O–H groups in total. The summed E-state index contributed by atoms with van der Waals surface area (Å²) in [6.07, 6.45) is 2.54. The SMILES string of the molecule is Cn1ccnc(S(N)(=O)=O)c1=O. The van der Waals surface area contributed by atoms with E-state index in [-0.39, 0.29) is 0 Å². The predicted molar refractivity (Wildman–Crippen MR) is 40.9 cm³/mol. The van der Waals surface area contributed by atoms with Gasteiger partial charge in [-0.3, -0.25) is 4.79 Å². The van der Waals surface area contributed by atoms with E-state index < -0.39 is 20.6 Å². The molecule has 0 saturated carbocycles. The van der Waals surface area contributed by atoms with E-state index in [9.17, 15) is 13.2 Å². The quantitative estimate of drug-likeness (QED) is 0.577. The van der Waals surface area contributed by atoms with Crippen molar-refractivity contribution < 1.29 is 8.42 Å². The first-order chi connectivity index (χ1) is 5.43.